The number of anilines is 1. The third-order valence-corrected chi connectivity index (χ3v) is 8.00. The Labute approximate surface area is 236 Å². The zero-order valence-electron chi connectivity index (χ0n) is 23.5. The van der Waals surface area contributed by atoms with Crippen molar-refractivity contribution in [3.8, 4) is 11.5 Å². The van der Waals surface area contributed by atoms with Gasteiger partial charge in [-0.05, 0) is 76.6 Å². The van der Waals surface area contributed by atoms with Gasteiger partial charge in [0.25, 0.3) is 5.91 Å². The van der Waals surface area contributed by atoms with Crippen LogP contribution in [0.2, 0.25) is 0 Å². The van der Waals surface area contributed by atoms with Crippen molar-refractivity contribution in [2.24, 2.45) is 5.92 Å². The summed E-state index contributed by atoms with van der Waals surface area (Å²) < 4.78 is 27.1. The van der Waals surface area contributed by atoms with E-state index in [1.165, 1.54) is 37.5 Å². The Balaban J connectivity index is 1.43. The van der Waals surface area contributed by atoms with Crippen LogP contribution in [-0.4, -0.2) is 42.8 Å². The lowest BCUT2D eigenvalue weighted by Gasteiger charge is -2.18. The van der Waals surface area contributed by atoms with Crippen LogP contribution in [0.25, 0.3) is 0 Å². The van der Waals surface area contributed by atoms with Crippen molar-refractivity contribution >= 4 is 34.2 Å². The monoisotopic (exact) mass is 570 g/mol. The Kier molecular flexibility index (Phi) is 9.14. The smallest absolute Gasteiger partial charge is 0.341 e. The van der Waals surface area contributed by atoms with Crippen molar-refractivity contribution in [2.45, 2.75) is 66.6 Å². The van der Waals surface area contributed by atoms with Crippen LogP contribution in [0.3, 0.4) is 0 Å². The highest BCUT2D eigenvalue weighted by Gasteiger charge is 2.30. The maximum atomic E-state index is 13.0. The molecule has 1 amide bonds. The second-order valence-electron chi connectivity index (χ2n) is 9.77. The van der Waals surface area contributed by atoms with E-state index in [2.05, 4.69) is 17.4 Å². The number of aromatic nitrogens is 1. The Morgan fingerprint density at radius 2 is 1.98 bits per heavy atom. The Hall–Kier alpha value is -3.86. The van der Waals surface area contributed by atoms with Crippen LogP contribution in [0.1, 0.15) is 75.4 Å². The quantitative estimate of drug-likeness (QED) is 0.318. The molecule has 0 aliphatic heterocycles. The molecular formula is C29H34N2O8S. The van der Waals surface area contributed by atoms with Crippen LogP contribution in [0.5, 0.6) is 11.5 Å². The summed E-state index contributed by atoms with van der Waals surface area (Å²) in [5.41, 5.74) is 3.09. The number of esters is 2. The number of benzene rings is 1. The molecule has 0 radical (unpaired) electrons. The Morgan fingerprint density at radius 3 is 2.65 bits per heavy atom. The van der Waals surface area contributed by atoms with Crippen molar-refractivity contribution < 1.29 is 37.9 Å². The molecule has 2 aromatic heterocycles. The average Bonchev–Trinajstić information content (AvgIpc) is 3.44. The molecule has 2 atom stereocenters. The maximum absolute atomic E-state index is 13.0. The van der Waals surface area contributed by atoms with Gasteiger partial charge in [-0.25, -0.2) is 9.59 Å². The van der Waals surface area contributed by atoms with Crippen LogP contribution in [0.4, 0.5) is 5.00 Å². The molecule has 2 unspecified atom stereocenters. The highest BCUT2D eigenvalue weighted by atomic mass is 32.1. The number of methoxy groups -OCH3 is 1. The summed E-state index contributed by atoms with van der Waals surface area (Å²) in [6, 6.07) is 4.62. The number of fused-ring (bicyclic) bond motifs is 1. The number of nitrogens with zero attached hydrogens (tertiary/aromatic N) is 1. The predicted octanol–water partition coefficient (Wildman–Crippen LogP) is 5.43. The highest BCUT2D eigenvalue weighted by molar-refractivity contribution is 7.17. The number of ether oxygens (including phenoxy) is 4. The first-order chi connectivity index (χ1) is 19.1. The predicted molar refractivity (Wildman–Crippen MR) is 148 cm³/mol. The molecule has 1 N–H and O–H groups in total. The van der Waals surface area contributed by atoms with Crippen LogP contribution in [0.15, 0.2) is 22.7 Å². The molecule has 0 saturated carbocycles. The fraction of sp³-hybridized carbons (Fsp3) is 0.448. The van der Waals surface area contributed by atoms with Gasteiger partial charge in [-0.15, -0.1) is 11.3 Å². The van der Waals surface area contributed by atoms with Crippen molar-refractivity contribution in [2.75, 3.05) is 19.0 Å². The molecule has 0 spiro atoms. The molecule has 11 heteroatoms. The SMILES string of the molecule is CCOC(=O)c1c(NC(=O)C(C)OC(=O)c2ccc(OCc3c(C)noc3C)c(OC)c2)sc2c1CCC(C)C2. The van der Waals surface area contributed by atoms with Gasteiger partial charge in [0.15, 0.2) is 17.6 Å². The number of amides is 1. The van der Waals surface area contributed by atoms with Crippen molar-refractivity contribution in [3.63, 3.8) is 0 Å². The molecule has 0 fully saturated rings. The van der Waals surface area contributed by atoms with Gasteiger partial charge in [-0.3, -0.25) is 4.79 Å². The number of aryl methyl sites for hydroxylation is 2. The van der Waals surface area contributed by atoms with Crippen molar-refractivity contribution in [1.29, 1.82) is 0 Å². The second-order valence-corrected chi connectivity index (χ2v) is 10.9. The second kappa shape index (κ2) is 12.5. The fourth-order valence-corrected chi connectivity index (χ4v) is 5.93. The summed E-state index contributed by atoms with van der Waals surface area (Å²) in [5.74, 6) is 0.200. The average molecular weight is 571 g/mol. The molecule has 1 aliphatic carbocycles. The summed E-state index contributed by atoms with van der Waals surface area (Å²) in [5, 5.41) is 7.13. The van der Waals surface area contributed by atoms with E-state index in [-0.39, 0.29) is 18.8 Å². The summed E-state index contributed by atoms with van der Waals surface area (Å²) in [4.78, 5) is 39.7. The number of hydrogen-bond donors (Lipinski definition) is 1. The molecule has 10 nitrogen and oxygen atoms in total. The zero-order chi connectivity index (χ0) is 29.0. The largest absolute Gasteiger partial charge is 0.493 e. The number of carbonyl (C=O) groups is 3. The summed E-state index contributed by atoms with van der Waals surface area (Å²) >= 11 is 1.38. The first-order valence-corrected chi connectivity index (χ1v) is 14.0. The van der Waals surface area contributed by atoms with Crippen molar-refractivity contribution in [3.05, 3.63) is 56.8 Å². The molecule has 214 valence electrons. The van der Waals surface area contributed by atoms with Crippen LogP contribution in [-0.2, 0) is 33.7 Å². The number of rotatable bonds is 10. The molecule has 0 saturated heterocycles. The standard InChI is InChI=1S/C29H34N2O8S/c1-7-36-29(34)25-20-10-8-15(2)12-24(20)40-27(25)30-26(32)18(5)38-28(33)19-9-11-22(23(13-19)35-6)37-14-21-16(3)31-39-17(21)4/h9,11,13,15,18H,7-8,10,12,14H2,1-6H3,(H,30,32). The van der Waals surface area contributed by atoms with E-state index < -0.39 is 23.9 Å². The first-order valence-electron chi connectivity index (χ1n) is 13.2. The van der Waals surface area contributed by atoms with E-state index in [0.717, 1.165) is 41.0 Å². The number of carbonyl (C=O) groups excluding carboxylic acids is 3. The lowest BCUT2D eigenvalue weighted by Crippen LogP contribution is -2.30. The van der Waals surface area contributed by atoms with E-state index in [0.29, 0.717) is 33.7 Å². The number of thiophene rings is 1. The van der Waals surface area contributed by atoms with Crippen LogP contribution >= 0.6 is 11.3 Å². The van der Waals surface area contributed by atoms with E-state index in [9.17, 15) is 14.4 Å². The van der Waals surface area contributed by atoms with Gasteiger partial charge in [-0.1, -0.05) is 12.1 Å². The number of nitrogens with one attached hydrogen (secondary N) is 1. The topological polar surface area (TPSA) is 126 Å². The number of hydrogen-bond acceptors (Lipinski definition) is 10. The van der Waals surface area contributed by atoms with Crippen LogP contribution < -0.4 is 14.8 Å². The van der Waals surface area contributed by atoms with Gasteiger partial charge in [0.2, 0.25) is 0 Å². The molecular weight excluding hydrogens is 536 g/mol. The van der Waals surface area contributed by atoms with Gasteiger partial charge in [0.05, 0.1) is 36.1 Å². The minimum atomic E-state index is -1.12. The molecule has 2 heterocycles. The molecule has 40 heavy (non-hydrogen) atoms. The van der Waals surface area contributed by atoms with Crippen LogP contribution in [0, 0.1) is 19.8 Å². The molecule has 3 aromatic rings. The van der Waals surface area contributed by atoms with Gasteiger partial charge in [0, 0.05) is 4.88 Å². The molecule has 0 bridgehead atoms. The highest BCUT2D eigenvalue weighted by Crippen LogP contribution is 2.40. The van der Waals surface area contributed by atoms with Gasteiger partial charge in [-0.2, -0.15) is 0 Å². The summed E-state index contributed by atoms with van der Waals surface area (Å²) in [7, 11) is 1.46. The normalized spacial score (nSPS) is 15.1. The minimum absolute atomic E-state index is 0.189. The zero-order valence-corrected chi connectivity index (χ0v) is 24.4. The fourth-order valence-electron chi connectivity index (χ4n) is 4.53. The first kappa shape index (κ1) is 29.1. The third-order valence-electron chi connectivity index (χ3n) is 6.83. The van der Waals surface area contributed by atoms with Gasteiger partial charge >= 0.3 is 11.9 Å². The van der Waals surface area contributed by atoms with Gasteiger partial charge < -0.3 is 28.8 Å². The van der Waals surface area contributed by atoms with E-state index in [4.69, 9.17) is 23.5 Å². The minimum Gasteiger partial charge on any atom is -0.493 e. The summed E-state index contributed by atoms with van der Waals surface area (Å²) in [6.45, 7) is 9.46. The molecule has 1 aliphatic rings. The Bertz CT molecular complexity index is 1390. The molecule has 1 aromatic carbocycles. The Morgan fingerprint density at radius 1 is 1.20 bits per heavy atom. The lowest BCUT2D eigenvalue weighted by molar-refractivity contribution is -0.123. The summed E-state index contributed by atoms with van der Waals surface area (Å²) in [6.07, 6.45) is 1.43. The van der Waals surface area contributed by atoms with Crippen molar-refractivity contribution in [1.82, 2.24) is 5.16 Å². The third kappa shape index (κ3) is 6.30. The van der Waals surface area contributed by atoms with E-state index in [1.54, 1.807) is 19.9 Å². The van der Waals surface area contributed by atoms with Gasteiger partial charge in [0.1, 0.15) is 17.4 Å². The van der Waals surface area contributed by atoms with E-state index >= 15 is 0 Å². The van der Waals surface area contributed by atoms with E-state index in [1.807, 2.05) is 6.92 Å². The lowest BCUT2D eigenvalue weighted by atomic mass is 9.88. The molecule has 4 rings (SSSR count). The maximum Gasteiger partial charge on any atom is 0.341 e.